The fourth-order valence-corrected chi connectivity index (χ4v) is 1.39. The summed E-state index contributed by atoms with van der Waals surface area (Å²) in [6, 6.07) is 7.34. The quantitative estimate of drug-likeness (QED) is 0.424. The molecule has 0 fully saturated rings. The van der Waals surface area contributed by atoms with Crippen molar-refractivity contribution in [1.82, 2.24) is 4.98 Å². The summed E-state index contributed by atoms with van der Waals surface area (Å²) < 4.78 is 5.10. The highest BCUT2D eigenvalue weighted by Gasteiger charge is 2.01. The molecule has 0 saturated carbocycles. The molecule has 0 amide bonds. The normalized spacial score (nSPS) is 9.67. The fourth-order valence-electron chi connectivity index (χ4n) is 1.39. The third kappa shape index (κ3) is 1.68. The Hall–Kier alpha value is -2.26. The van der Waals surface area contributed by atoms with E-state index in [1.807, 2.05) is 18.2 Å². The molecule has 1 heterocycles. The molecule has 0 unspecified atom stereocenters. The van der Waals surface area contributed by atoms with E-state index in [2.05, 4.69) is 15.0 Å². The highest BCUT2D eigenvalue weighted by molar-refractivity contribution is 5.91. The van der Waals surface area contributed by atoms with Gasteiger partial charge in [0.05, 0.1) is 7.11 Å². The standard InChI is InChI=1S/C10H8N4O/c1-15-8-2-3-9-7(6-8)4-5-12-10(9)13-14-11/h2-6H,1H3. The minimum Gasteiger partial charge on any atom is -0.497 e. The summed E-state index contributed by atoms with van der Waals surface area (Å²) in [7, 11) is 1.61. The zero-order valence-electron chi connectivity index (χ0n) is 8.08. The van der Waals surface area contributed by atoms with Crippen molar-refractivity contribution in [2.75, 3.05) is 7.11 Å². The van der Waals surface area contributed by atoms with Crippen LogP contribution in [0.25, 0.3) is 21.2 Å². The van der Waals surface area contributed by atoms with Gasteiger partial charge in [-0.05, 0) is 40.3 Å². The Morgan fingerprint density at radius 2 is 2.27 bits per heavy atom. The molecule has 15 heavy (non-hydrogen) atoms. The number of azide groups is 1. The van der Waals surface area contributed by atoms with E-state index >= 15 is 0 Å². The smallest absolute Gasteiger partial charge is 0.134 e. The second-order valence-corrected chi connectivity index (χ2v) is 2.91. The second-order valence-electron chi connectivity index (χ2n) is 2.91. The molecule has 0 radical (unpaired) electrons. The molecule has 2 rings (SSSR count). The number of aromatic nitrogens is 1. The molecular weight excluding hydrogens is 192 g/mol. The van der Waals surface area contributed by atoms with Gasteiger partial charge in [0.25, 0.3) is 0 Å². The fraction of sp³-hybridized carbons (Fsp3) is 0.100. The molecule has 5 nitrogen and oxygen atoms in total. The van der Waals surface area contributed by atoms with E-state index in [1.165, 1.54) is 0 Å². The van der Waals surface area contributed by atoms with Gasteiger partial charge in [-0.1, -0.05) is 0 Å². The molecule has 5 heteroatoms. The van der Waals surface area contributed by atoms with Crippen molar-refractivity contribution in [3.8, 4) is 5.75 Å². The lowest BCUT2D eigenvalue weighted by Gasteiger charge is -2.03. The summed E-state index contributed by atoms with van der Waals surface area (Å²) in [5.41, 5.74) is 8.37. The minimum atomic E-state index is 0.387. The van der Waals surface area contributed by atoms with Crippen LogP contribution in [0.15, 0.2) is 35.6 Å². The van der Waals surface area contributed by atoms with Gasteiger partial charge in [0.2, 0.25) is 0 Å². The van der Waals surface area contributed by atoms with Gasteiger partial charge in [0.15, 0.2) is 0 Å². The minimum absolute atomic E-state index is 0.387. The van der Waals surface area contributed by atoms with Gasteiger partial charge >= 0.3 is 0 Å². The van der Waals surface area contributed by atoms with E-state index in [0.717, 1.165) is 16.5 Å². The van der Waals surface area contributed by atoms with Crippen molar-refractivity contribution >= 4 is 16.6 Å². The van der Waals surface area contributed by atoms with Gasteiger partial charge in [0.1, 0.15) is 11.6 Å². The topological polar surface area (TPSA) is 70.9 Å². The summed E-state index contributed by atoms with van der Waals surface area (Å²) in [6.07, 6.45) is 1.60. The van der Waals surface area contributed by atoms with Gasteiger partial charge in [-0.25, -0.2) is 0 Å². The summed E-state index contributed by atoms with van der Waals surface area (Å²) in [5.74, 6) is 1.15. The molecule has 2 aromatic rings. The van der Waals surface area contributed by atoms with E-state index in [-0.39, 0.29) is 0 Å². The van der Waals surface area contributed by atoms with Crippen LogP contribution in [-0.2, 0) is 0 Å². The molecule has 0 bridgehead atoms. The van der Waals surface area contributed by atoms with Crippen molar-refractivity contribution < 1.29 is 4.74 Å². The van der Waals surface area contributed by atoms with Gasteiger partial charge in [-0.2, -0.15) is 0 Å². The third-order valence-electron chi connectivity index (χ3n) is 2.09. The van der Waals surface area contributed by atoms with Gasteiger partial charge in [-0.15, -0.1) is 0 Å². The molecule has 0 N–H and O–H groups in total. The van der Waals surface area contributed by atoms with E-state index in [0.29, 0.717) is 5.82 Å². The van der Waals surface area contributed by atoms with Crippen LogP contribution in [-0.4, -0.2) is 12.1 Å². The first-order chi connectivity index (χ1) is 7.35. The third-order valence-corrected chi connectivity index (χ3v) is 2.09. The Kier molecular flexibility index (Phi) is 2.39. The summed E-state index contributed by atoms with van der Waals surface area (Å²) in [5, 5.41) is 5.27. The number of hydrogen-bond donors (Lipinski definition) is 0. The van der Waals surface area contributed by atoms with E-state index in [4.69, 9.17) is 10.3 Å². The number of hydrogen-bond acceptors (Lipinski definition) is 3. The highest BCUT2D eigenvalue weighted by atomic mass is 16.5. The van der Waals surface area contributed by atoms with E-state index in [9.17, 15) is 0 Å². The maximum absolute atomic E-state index is 8.37. The Morgan fingerprint density at radius 3 is 3.00 bits per heavy atom. The number of rotatable bonds is 2. The van der Waals surface area contributed by atoms with Gasteiger partial charge in [-0.3, -0.25) is 4.98 Å². The lowest BCUT2D eigenvalue weighted by molar-refractivity contribution is 0.415. The molecule has 1 aromatic heterocycles. The Bertz CT molecular complexity index is 546. The van der Waals surface area contributed by atoms with Crippen LogP contribution in [0.5, 0.6) is 5.75 Å². The lowest BCUT2D eigenvalue weighted by atomic mass is 10.1. The highest BCUT2D eigenvalue weighted by Crippen LogP contribution is 2.26. The van der Waals surface area contributed by atoms with Gasteiger partial charge < -0.3 is 4.74 Å². The first-order valence-electron chi connectivity index (χ1n) is 4.33. The summed E-state index contributed by atoms with van der Waals surface area (Å²) in [4.78, 5) is 6.72. The zero-order chi connectivity index (χ0) is 10.7. The van der Waals surface area contributed by atoms with Crippen LogP contribution in [0.1, 0.15) is 0 Å². The Morgan fingerprint density at radius 1 is 1.40 bits per heavy atom. The van der Waals surface area contributed by atoms with Crippen molar-refractivity contribution in [3.05, 3.63) is 40.9 Å². The van der Waals surface area contributed by atoms with E-state index in [1.54, 1.807) is 19.4 Å². The summed E-state index contributed by atoms with van der Waals surface area (Å²) >= 11 is 0. The first-order valence-corrected chi connectivity index (χ1v) is 4.33. The molecular formula is C10H8N4O. The predicted molar refractivity (Wildman–Crippen MR) is 57.1 cm³/mol. The molecule has 0 aliphatic heterocycles. The molecule has 0 saturated heterocycles. The van der Waals surface area contributed by atoms with Crippen LogP contribution < -0.4 is 4.74 Å². The van der Waals surface area contributed by atoms with Crippen LogP contribution in [0.2, 0.25) is 0 Å². The van der Waals surface area contributed by atoms with Crippen LogP contribution in [0.4, 0.5) is 5.82 Å². The maximum atomic E-state index is 8.37. The Balaban J connectivity index is 2.71. The number of ether oxygens (including phenoxy) is 1. The van der Waals surface area contributed by atoms with Crippen molar-refractivity contribution in [2.24, 2.45) is 5.11 Å². The van der Waals surface area contributed by atoms with Crippen molar-refractivity contribution in [3.63, 3.8) is 0 Å². The van der Waals surface area contributed by atoms with Crippen molar-refractivity contribution in [2.45, 2.75) is 0 Å². The first kappa shape index (κ1) is 9.30. The second kappa shape index (κ2) is 3.86. The number of pyridine rings is 1. The molecule has 0 atom stereocenters. The molecule has 0 aliphatic rings. The average molecular weight is 200 g/mol. The molecule has 74 valence electrons. The van der Waals surface area contributed by atoms with Crippen LogP contribution >= 0.6 is 0 Å². The molecule has 1 aromatic carbocycles. The summed E-state index contributed by atoms with van der Waals surface area (Å²) in [6.45, 7) is 0. The average Bonchev–Trinajstić information content (AvgIpc) is 2.29. The number of nitrogens with zero attached hydrogens (tertiary/aromatic N) is 4. The van der Waals surface area contributed by atoms with Gasteiger partial charge in [0, 0.05) is 16.5 Å². The monoisotopic (exact) mass is 200 g/mol. The predicted octanol–water partition coefficient (Wildman–Crippen LogP) is 3.19. The maximum Gasteiger partial charge on any atom is 0.134 e. The molecule has 0 spiro atoms. The number of methoxy groups -OCH3 is 1. The Labute approximate surface area is 85.9 Å². The van der Waals surface area contributed by atoms with Crippen LogP contribution in [0.3, 0.4) is 0 Å². The van der Waals surface area contributed by atoms with Crippen LogP contribution in [0, 0.1) is 0 Å². The van der Waals surface area contributed by atoms with E-state index < -0.39 is 0 Å². The molecule has 0 aliphatic carbocycles. The zero-order valence-corrected chi connectivity index (χ0v) is 8.08. The largest absolute Gasteiger partial charge is 0.497 e. The van der Waals surface area contributed by atoms with Crippen molar-refractivity contribution in [1.29, 1.82) is 0 Å². The number of benzene rings is 1. The lowest BCUT2D eigenvalue weighted by Crippen LogP contribution is -1.83. The SMILES string of the molecule is COc1ccc2c(N=[N+]=[N-])nccc2c1. The number of fused-ring (bicyclic) bond motifs is 1.